The van der Waals surface area contributed by atoms with Gasteiger partial charge < -0.3 is 14.3 Å². The van der Waals surface area contributed by atoms with Gasteiger partial charge in [0.2, 0.25) is 0 Å². The lowest BCUT2D eigenvalue weighted by Crippen LogP contribution is -2.00. The first-order valence-electron chi connectivity index (χ1n) is 7.01. The van der Waals surface area contributed by atoms with Crippen LogP contribution in [0.15, 0.2) is 45.6 Å². The van der Waals surface area contributed by atoms with Crippen LogP contribution in [0.3, 0.4) is 0 Å². The van der Waals surface area contributed by atoms with Crippen LogP contribution in [0, 0.1) is 0 Å². The van der Waals surface area contributed by atoms with Crippen molar-refractivity contribution < 1.29 is 14.3 Å². The highest BCUT2D eigenvalue weighted by molar-refractivity contribution is 6.04. The van der Waals surface area contributed by atoms with Crippen molar-refractivity contribution in [1.29, 1.82) is 0 Å². The minimum Gasteiger partial charge on any atom is -0.508 e. The van der Waals surface area contributed by atoms with Crippen molar-refractivity contribution in [3.05, 3.63) is 46.8 Å². The molecule has 2 aromatic carbocycles. The smallest absolute Gasteiger partial charge is 0.344 e. The molecule has 0 saturated carbocycles. The minimum atomic E-state index is -0.459. The number of aromatic hydroxyl groups is 1. The van der Waals surface area contributed by atoms with Crippen LogP contribution in [-0.2, 0) is 0 Å². The Morgan fingerprint density at radius 2 is 1.90 bits per heavy atom. The predicted octanol–water partition coefficient (Wildman–Crippen LogP) is 3.83. The molecule has 0 bridgehead atoms. The number of phenols is 1. The lowest BCUT2D eigenvalue weighted by Gasteiger charge is -2.07. The molecule has 0 aliphatic carbocycles. The van der Waals surface area contributed by atoms with Crippen LogP contribution in [0.4, 0.5) is 0 Å². The van der Waals surface area contributed by atoms with Gasteiger partial charge in [-0.2, -0.15) is 0 Å². The van der Waals surface area contributed by atoms with Crippen molar-refractivity contribution in [3.63, 3.8) is 0 Å². The van der Waals surface area contributed by atoms with Crippen molar-refractivity contribution in [3.8, 4) is 11.5 Å². The molecule has 0 fully saturated rings. The molecule has 0 amide bonds. The van der Waals surface area contributed by atoms with E-state index in [9.17, 15) is 9.90 Å². The second-order valence-corrected chi connectivity index (χ2v) is 4.98. The van der Waals surface area contributed by atoms with E-state index in [4.69, 9.17) is 9.15 Å². The van der Waals surface area contributed by atoms with Gasteiger partial charge in [-0.1, -0.05) is 13.3 Å². The summed E-state index contributed by atoms with van der Waals surface area (Å²) in [5, 5.41) is 11.5. The van der Waals surface area contributed by atoms with Crippen LogP contribution in [-0.4, -0.2) is 11.7 Å². The molecular weight excluding hydrogens is 268 g/mol. The van der Waals surface area contributed by atoms with Gasteiger partial charge in [0.15, 0.2) is 0 Å². The number of hydrogen-bond donors (Lipinski definition) is 1. The SMILES string of the molecule is CCCCOc1ccc2c(c1)oc(=O)c1cc(O)ccc12. The molecule has 0 aliphatic rings. The predicted molar refractivity (Wildman–Crippen MR) is 82.1 cm³/mol. The van der Waals surface area contributed by atoms with Gasteiger partial charge >= 0.3 is 5.63 Å². The number of rotatable bonds is 4. The number of ether oxygens (including phenoxy) is 1. The van der Waals surface area contributed by atoms with E-state index in [0.717, 1.165) is 23.6 Å². The Bertz CT molecular complexity index is 848. The molecule has 4 nitrogen and oxygen atoms in total. The Morgan fingerprint density at radius 1 is 1.10 bits per heavy atom. The highest BCUT2D eigenvalue weighted by atomic mass is 16.5. The van der Waals surface area contributed by atoms with Crippen LogP contribution < -0.4 is 10.4 Å². The maximum atomic E-state index is 12.0. The third-order valence-electron chi connectivity index (χ3n) is 3.44. The standard InChI is InChI=1S/C17H16O4/c1-2-3-8-20-12-5-7-14-13-6-4-11(18)9-15(13)17(19)21-16(14)10-12/h4-7,9-10,18H,2-3,8H2,1H3. The van der Waals surface area contributed by atoms with E-state index < -0.39 is 5.63 Å². The monoisotopic (exact) mass is 284 g/mol. The molecule has 108 valence electrons. The largest absolute Gasteiger partial charge is 0.508 e. The van der Waals surface area contributed by atoms with Gasteiger partial charge in [0.1, 0.15) is 17.1 Å². The number of hydrogen-bond acceptors (Lipinski definition) is 4. The fourth-order valence-electron chi connectivity index (χ4n) is 2.32. The van der Waals surface area contributed by atoms with Gasteiger partial charge in [-0.15, -0.1) is 0 Å². The maximum Gasteiger partial charge on any atom is 0.344 e. The molecule has 21 heavy (non-hydrogen) atoms. The van der Waals surface area contributed by atoms with E-state index in [1.54, 1.807) is 18.2 Å². The Hall–Kier alpha value is -2.49. The molecular formula is C17H16O4. The summed E-state index contributed by atoms with van der Waals surface area (Å²) in [5.41, 5.74) is 0.0336. The summed E-state index contributed by atoms with van der Waals surface area (Å²) < 4.78 is 11.0. The summed E-state index contributed by atoms with van der Waals surface area (Å²) in [6.45, 7) is 2.75. The Labute approximate surface area is 121 Å². The molecule has 0 unspecified atom stereocenters. The van der Waals surface area contributed by atoms with Crippen LogP contribution in [0.1, 0.15) is 19.8 Å². The second kappa shape index (κ2) is 5.48. The van der Waals surface area contributed by atoms with Crippen LogP contribution in [0.2, 0.25) is 0 Å². The topological polar surface area (TPSA) is 59.7 Å². The van der Waals surface area contributed by atoms with Crippen LogP contribution in [0.5, 0.6) is 11.5 Å². The van der Waals surface area contributed by atoms with E-state index in [0.29, 0.717) is 23.3 Å². The van der Waals surface area contributed by atoms with Crippen LogP contribution >= 0.6 is 0 Å². The summed E-state index contributed by atoms with van der Waals surface area (Å²) in [6, 6.07) is 10.2. The highest BCUT2D eigenvalue weighted by Gasteiger charge is 2.09. The van der Waals surface area contributed by atoms with Gasteiger partial charge in [0, 0.05) is 16.8 Å². The van der Waals surface area contributed by atoms with Gasteiger partial charge in [-0.05, 0) is 36.8 Å². The third-order valence-corrected chi connectivity index (χ3v) is 3.44. The van der Waals surface area contributed by atoms with E-state index >= 15 is 0 Å². The fourth-order valence-corrected chi connectivity index (χ4v) is 2.32. The summed E-state index contributed by atoms with van der Waals surface area (Å²) in [7, 11) is 0. The molecule has 3 aromatic rings. The fraction of sp³-hybridized carbons (Fsp3) is 0.235. The number of fused-ring (bicyclic) bond motifs is 3. The number of phenolic OH excluding ortho intramolecular Hbond substituents is 1. The van der Waals surface area contributed by atoms with Gasteiger partial charge in [-0.25, -0.2) is 4.79 Å². The average molecular weight is 284 g/mol. The molecule has 0 saturated heterocycles. The van der Waals surface area contributed by atoms with Gasteiger partial charge in [0.05, 0.1) is 12.0 Å². The molecule has 1 N–H and O–H groups in total. The van der Waals surface area contributed by atoms with Crippen molar-refractivity contribution >= 4 is 21.7 Å². The highest BCUT2D eigenvalue weighted by Crippen LogP contribution is 2.28. The normalized spacial score (nSPS) is 11.1. The summed E-state index contributed by atoms with van der Waals surface area (Å²) >= 11 is 0. The molecule has 4 heteroatoms. The van der Waals surface area contributed by atoms with Crippen molar-refractivity contribution in [2.75, 3.05) is 6.61 Å². The first kappa shape index (κ1) is 13.5. The van der Waals surface area contributed by atoms with Crippen molar-refractivity contribution in [1.82, 2.24) is 0 Å². The molecule has 1 heterocycles. The van der Waals surface area contributed by atoms with E-state index in [-0.39, 0.29) is 5.75 Å². The molecule has 0 spiro atoms. The minimum absolute atomic E-state index is 0.0497. The maximum absolute atomic E-state index is 12.0. The summed E-state index contributed by atoms with van der Waals surface area (Å²) in [4.78, 5) is 12.0. The van der Waals surface area contributed by atoms with Gasteiger partial charge in [0.25, 0.3) is 0 Å². The van der Waals surface area contributed by atoms with Crippen molar-refractivity contribution in [2.45, 2.75) is 19.8 Å². The zero-order valence-corrected chi connectivity index (χ0v) is 11.8. The Kier molecular flexibility index (Phi) is 3.52. The molecule has 1 aromatic heterocycles. The van der Waals surface area contributed by atoms with E-state index in [2.05, 4.69) is 6.92 Å². The Morgan fingerprint density at radius 3 is 2.71 bits per heavy atom. The Balaban J connectivity index is 2.13. The summed E-state index contributed by atoms with van der Waals surface area (Å²) in [5.74, 6) is 0.742. The molecule has 0 atom stereocenters. The zero-order valence-electron chi connectivity index (χ0n) is 11.8. The second-order valence-electron chi connectivity index (χ2n) is 4.98. The summed E-state index contributed by atoms with van der Waals surface area (Å²) in [6.07, 6.45) is 2.05. The average Bonchev–Trinajstić information content (AvgIpc) is 2.48. The van der Waals surface area contributed by atoms with Crippen LogP contribution in [0.25, 0.3) is 21.7 Å². The van der Waals surface area contributed by atoms with E-state index in [1.807, 2.05) is 12.1 Å². The third kappa shape index (κ3) is 2.57. The first-order chi connectivity index (χ1) is 10.2. The number of unbranched alkanes of at least 4 members (excludes halogenated alkanes) is 1. The lowest BCUT2D eigenvalue weighted by atomic mass is 10.1. The quantitative estimate of drug-likeness (QED) is 0.449. The number of benzene rings is 2. The zero-order chi connectivity index (χ0) is 14.8. The molecule has 0 aliphatic heterocycles. The molecule has 0 radical (unpaired) electrons. The van der Waals surface area contributed by atoms with Crippen molar-refractivity contribution in [2.24, 2.45) is 0 Å². The molecule has 3 rings (SSSR count). The van der Waals surface area contributed by atoms with E-state index in [1.165, 1.54) is 6.07 Å². The lowest BCUT2D eigenvalue weighted by molar-refractivity contribution is 0.309. The first-order valence-corrected chi connectivity index (χ1v) is 7.01. The van der Waals surface area contributed by atoms with Gasteiger partial charge in [-0.3, -0.25) is 0 Å².